The lowest BCUT2D eigenvalue weighted by molar-refractivity contribution is -0.119. The highest BCUT2D eigenvalue weighted by molar-refractivity contribution is 5.89. The summed E-state index contributed by atoms with van der Waals surface area (Å²) < 4.78 is 18.1. The van der Waals surface area contributed by atoms with E-state index in [1.165, 1.54) is 24.0 Å². The number of hydrogen-bond donors (Lipinski definition) is 1. The number of halogens is 1. The summed E-state index contributed by atoms with van der Waals surface area (Å²) in [6.07, 6.45) is -0.968. The first-order chi connectivity index (χ1) is 8.56. The predicted octanol–water partition coefficient (Wildman–Crippen LogP) is 1.09. The molecular formula is C12H12FN2O3. The molecule has 18 heavy (non-hydrogen) atoms. The highest BCUT2D eigenvalue weighted by Gasteiger charge is 2.32. The lowest BCUT2D eigenvalue weighted by Crippen LogP contribution is -2.33. The molecular weight excluding hydrogens is 239 g/mol. The smallest absolute Gasteiger partial charge is 0.414 e. The Morgan fingerprint density at radius 1 is 1.72 bits per heavy atom. The third-order valence-corrected chi connectivity index (χ3v) is 2.51. The molecule has 1 atom stereocenters. The lowest BCUT2D eigenvalue weighted by atomic mass is 10.2. The average Bonchev–Trinajstić information content (AvgIpc) is 2.68. The van der Waals surface area contributed by atoms with Gasteiger partial charge in [-0.3, -0.25) is 9.69 Å². The number of rotatable bonds is 3. The van der Waals surface area contributed by atoms with E-state index in [-0.39, 0.29) is 19.0 Å². The number of nitrogens with zero attached hydrogens (tertiary/aromatic N) is 1. The Morgan fingerprint density at radius 3 is 3.17 bits per heavy atom. The molecule has 6 heteroatoms. The molecule has 1 aliphatic rings. The molecule has 0 bridgehead atoms. The van der Waals surface area contributed by atoms with Crippen molar-refractivity contribution in [2.75, 3.05) is 18.0 Å². The SMILES string of the molecule is CC(=O)NC[C@H]1CN(c2cc[c]c(F)c2)C(=O)O1. The second kappa shape index (κ2) is 5.03. The van der Waals surface area contributed by atoms with Crippen molar-refractivity contribution in [1.82, 2.24) is 5.32 Å². The molecule has 5 nitrogen and oxygen atoms in total. The Balaban J connectivity index is 2.03. The summed E-state index contributed by atoms with van der Waals surface area (Å²) in [5.74, 6) is -0.726. The average molecular weight is 251 g/mol. The Bertz CT molecular complexity index is 478. The molecule has 1 heterocycles. The first-order valence-electron chi connectivity index (χ1n) is 5.46. The van der Waals surface area contributed by atoms with Gasteiger partial charge in [0.15, 0.2) is 0 Å². The van der Waals surface area contributed by atoms with Crippen molar-refractivity contribution >= 4 is 17.7 Å². The van der Waals surface area contributed by atoms with Crippen LogP contribution in [-0.4, -0.2) is 31.2 Å². The Kier molecular flexibility index (Phi) is 3.45. The Labute approximate surface area is 104 Å². The van der Waals surface area contributed by atoms with Crippen LogP contribution in [0.2, 0.25) is 0 Å². The monoisotopic (exact) mass is 251 g/mol. The topological polar surface area (TPSA) is 58.6 Å². The van der Waals surface area contributed by atoms with Gasteiger partial charge >= 0.3 is 6.09 Å². The molecule has 2 amide bonds. The molecule has 1 fully saturated rings. The Hall–Kier alpha value is -2.11. The molecule has 95 valence electrons. The second-order valence-corrected chi connectivity index (χ2v) is 3.95. The van der Waals surface area contributed by atoms with Crippen molar-refractivity contribution in [3.63, 3.8) is 0 Å². The zero-order valence-electron chi connectivity index (χ0n) is 9.77. The fourth-order valence-corrected chi connectivity index (χ4v) is 1.69. The number of benzene rings is 1. The van der Waals surface area contributed by atoms with E-state index < -0.39 is 18.0 Å². The van der Waals surface area contributed by atoms with Gasteiger partial charge < -0.3 is 10.1 Å². The van der Waals surface area contributed by atoms with Crippen LogP contribution in [0.5, 0.6) is 0 Å². The molecule has 0 unspecified atom stereocenters. The van der Waals surface area contributed by atoms with Gasteiger partial charge in [0, 0.05) is 13.0 Å². The summed E-state index contributed by atoms with van der Waals surface area (Å²) in [7, 11) is 0. The van der Waals surface area contributed by atoms with Crippen molar-refractivity contribution in [3.8, 4) is 0 Å². The highest BCUT2D eigenvalue weighted by atomic mass is 19.1. The van der Waals surface area contributed by atoms with Gasteiger partial charge in [0.05, 0.1) is 18.8 Å². The van der Waals surface area contributed by atoms with Crippen molar-refractivity contribution in [2.45, 2.75) is 13.0 Å². The molecule has 0 aliphatic carbocycles. The van der Waals surface area contributed by atoms with Gasteiger partial charge in [0.2, 0.25) is 5.91 Å². The number of carbonyl (C=O) groups is 2. The van der Waals surface area contributed by atoms with Crippen LogP contribution in [0.1, 0.15) is 6.92 Å². The third-order valence-electron chi connectivity index (χ3n) is 2.51. The van der Waals surface area contributed by atoms with Crippen LogP contribution < -0.4 is 10.2 Å². The molecule has 2 rings (SSSR count). The van der Waals surface area contributed by atoms with Gasteiger partial charge in [0.1, 0.15) is 11.9 Å². The third kappa shape index (κ3) is 2.77. The van der Waals surface area contributed by atoms with Crippen LogP contribution in [0.25, 0.3) is 0 Å². The minimum Gasteiger partial charge on any atom is -0.442 e. The highest BCUT2D eigenvalue weighted by Crippen LogP contribution is 2.21. The van der Waals surface area contributed by atoms with Crippen molar-refractivity contribution < 1.29 is 18.7 Å². The number of ether oxygens (including phenoxy) is 1. The number of nitrogens with one attached hydrogen (secondary N) is 1. The van der Waals surface area contributed by atoms with Crippen LogP contribution in [0, 0.1) is 11.9 Å². The van der Waals surface area contributed by atoms with E-state index in [0.29, 0.717) is 5.69 Å². The summed E-state index contributed by atoms with van der Waals surface area (Å²) in [5.41, 5.74) is 0.418. The lowest BCUT2D eigenvalue weighted by Gasteiger charge is -2.12. The van der Waals surface area contributed by atoms with Crippen molar-refractivity contribution in [1.29, 1.82) is 0 Å². The summed E-state index contributed by atoms with van der Waals surface area (Å²) >= 11 is 0. The summed E-state index contributed by atoms with van der Waals surface area (Å²) in [6, 6.07) is 6.55. The minimum atomic E-state index is -0.545. The van der Waals surface area contributed by atoms with Gasteiger partial charge in [-0.25, -0.2) is 9.18 Å². The maximum absolute atomic E-state index is 13.0. The zero-order valence-corrected chi connectivity index (χ0v) is 9.77. The standard InChI is InChI=1S/C12H12FN2O3/c1-8(16)14-6-11-7-15(12(17)18-11)10-4-2-3-9(13)5-10/h2,4-5,11H,6-7H2,1H3,(H,14,16)/t11-/m0/s1. The summed E-state index contributed by atoms with van der Waals surface area (Å²) in [6.45, 7) is 1.92. The second-order valence-electron chi connectivity index (χ2n) is 3.95. The van der Waals surface area contributed by atoms with Crippen molar-refractivity contribution in [3.05, 3.63) is 30.1 Å². The molecule has 0 spiro atoms. The van der Waals surface area contributed by atoms with Crippen molar-refractivity contribution in [2.24, 2.45) is 0 Å². The van der Waals surface area contributed by atoms with E-state index >= 15 is 0 Å². The van der Waals surface area contributed by atoms with Gasteiger partial charge in [-0.15, -0.1) is 0 Å². The quantitative estimate of drug-likeness (QED) is 0.874. The van der Waals surface area contributed by atoms with E-state index in [9.17, 15) is 14.0 Å². The van der Waals surface area contributed by atoms with E-state index in [4.69, 9.17) is 4.74 Å². The fourth-order valence-electron chi connectivity index (χ4n) is 1.69. The number of carbonyl (C=O) groups excluding carboxylic acids is 2. The molecule has 0 aromatic heterocycles. The van der Waals surface area contributed by atoms with Gasteiger partial charge in [-0.1, -0.05) is 0 Å². The maximum atomic E-state index is 13.0. The normalized spacial score (nSPS) is 18.7. The number of anilines is 1. The van der Waals surface area contributed by atoms with Gasteiger partial charge in [0.25, 0.3) is 0 Å². The largest absolute Gasteiger partial charge is 0.442 e. The Morgan fingerprint density at radius 2 is 2.50 bits per heavy atom. The zero-order chi connectivity index (χ0) is 13.1. The van der Waals surface area contributed by atoms with Crippen LogP contribution in [0.4, 0.5) is 14.9 Å². The van der Waals surface area contributed by atoms with Crippen LogP contribution >= 0.6 is 0 Å². The fraction of sp³-hybridized carbons (Fsp3) is 0.333. The molecule has 1 aromatic carbocycles. The molecule has 0 saturated carbocycles. The maximum Gasteiger partial charge on any atom is 0.414 e. The predicted molar refractivity (Wildman–Crippen MR) is 61.5 cm³/mol. The number of amides is 2. The first kappa shape index (κ1) is 12.3. The van der Waals surface area contributed by atoms with E-state index in [1.54, 1.807) is 6.07 Å². The number of cyclic esters (lactones) is 1. The molecule has 1 saturated heterocycles. The van der Waals surface area contributed by atoms with Gasteiger partial charge in [-0.05, 0) is 18.2 Å². The van der Waals surface area contributed by atoms with Gasteiger partial charge in [-0.2, -0.15) is 0 Å². The van der Waals surface area contributed by atoms with E-state index in [2.05, 4.69) is 11.4 Å². The van der Waals surface area contributed by atoms with Crippen LogP contribution in [-0.2, 0) is 9.53 Å². The van der Waals surface area contributed by atoms with E-state index in [0.717, 1.165) is 0 Å². The molecule has 1 aromatic rings. The molecule has 1 aliphatic heterocycles. The number of hydrogen-bond acceptors (Lipinski definition) is 3. The van der Waals surface area contributed by atoms with E-state index in [1.807, 2.05) is 0 Å². The van der Waals surface area contributed by atoms with Crippen LogP contribution in [0.3, 0.4) is 0 Å². The first-order valence-corrected chi connectivity index (χ1v) is 5.46. The molecule has 1 radical (unpaired) electrons. The minimum absolute atomic E-state index is 0.190. The summed E-state index contributed by atoms with van der Waals surface area (Å²) in [5, 5.41) is 2.57. The summed E-state index contributed by atoms with van der Waals surface area (Å²) in [4.78, 5) is 23.7. The molecule has 1 N–H and O–H groups in total. The van der Waals surface area contributed by atoms with Crippen LogP contribution in [0.15, 0.2) is 18.2 Å².